The lowest BCUT2D eigenvalue weighted by Gasteiger charge is -2.13. The molecule has 0 spiro atoms. The van der Waals surface area contributed by atoms with Crippen LogP contribution in [0.15, 0.2) is 24.3 Å². The van der Waals surface area contributed by atoms with E-state index in [2.05, 4.69) is 16.0 Å². The van der Waals surface area contributed by atoms with Gasteiger partial charge in [0.15, 0.2) is 0 Å². The van der Waals surface area contributed by atoms with Crippen LogP contribution in [0.4, 0.5) is 5.69 Å². The van der Waals surface area contributed by atoms with Crippen molar-refractivity contribution in [3.8, 4) is 0 Å². The van der Waals surface area contributed by atoms with Crippen LogP contribution in [0.3, 0.4) is 0 Å². The third kappa shape index (κ3) is 2.68. The predicted molar refractivity (Wildman–Crippen MR) is 69.5 cm³/mol. The van der Waals surface area contributed by atoms with Crippen LogP contribution in [-0.2, 0) is 4.79 Å². The van der Waals surface area contributed by atoms with Gasteiger partial charge in [-0.05, 0) is 31.5 Å². The first-order chi connectivity index (χ1) is 8.72. The van der Waals surface area contributed by atoms with E-state index in [4.69, 9.17) is 0 Å². The van der Waals surface area contributed by atoms with Gasteiger partial charge in [0.05, 0.1) is 17.3 Å². The van der Waals surface area contributed by atoms with E-state index in [1.165, 1.54) is 0 Å². The summed E-state index contributed by atoms with van der Waals surface area (Å²) in [4.78, 5) is 23.6. The molecule has 1 atom stereocenters. The minimum Gasteiger partial charge on any atom is -0.355 e. The highest BCUT2D eigenvalue weighted by Gasteiger charge is 2.23. The molecule has 96 valence electrons. The molecule has 0 aliphatic carbocycles. The molecular weight excluding hydrogens is 230 g/mol. The number of amides is 2. The van der Waals surface area contributed by atoms with Crippen molar-refractivity contribution in [2.24, 2.45) is 0 Å². The predicted octanol–water partition coefficient (Wildman–Crippen LogP) is 0.737. The van der Waals surface area contributed by atoms with E-state index in [0.29, 0.717) is 11.3 Å². The fourth-order valence-corrected chi connectivity index (χ4v) is 2.05. The molecule has 0 bridgehead atoms. The standard InChI is InChI=1S/C13H17N3O2/c1-14-12(17)9-5-2-3-6-10(9)16-13(18)11-7-4-8-15-11/h2-3,5-6,11,15H,4,7-8H2,1H3,(H,14,17)(H,16,18)/t11-/m1/s1. The summed E-state index contributed by atoms with van der Waals surface area (Å²) in [5, 5.41) is 8.49. The zero-order valence-corrected chi connectivity index (χ0v) is 10.3. The molecule has 3 N–H and O–H groups in total. The summed E-state index contributed by atoms with van der Waals surface area (Å²) in [7, 11) is 1.57. The Kier molecular flexibility index (Phi) is 3.94. The summed E-state index contributed by atoms with van der Waals surface area (Å²) < 4.78 is 0. The largest absolute Gasteiger partial charge is 0.355 e. The van der Waals surface area contributed by atoms with E-state index in [1.807, 2.05) is 0 Å². The lowest BCUT2D eigenvalue weighted by atomic mass is 10.1. The van der Waals surface area contributed by atoms with Crippen LogP contribution in [0.2, 0.25) is 0 Å². The minimum absolute atomic E-state index is 0.0798. The molecule has 0 aromatic heterocycles. The molecule has 2 rings (SSSR count). The molecule has 0 saturated carbocycles. The van der Waals surface area contributed by atoms with Crippen LogP contribution < -0.4 is 16.0 Å². The quantitative estimate of drug-likeness (QED) is 0.737. The maximum Gasteiger partial charge on any atom is 0.253 e. The Bertz CT molecular complexity index is 453. The summed E-state index contributed by atoms with van der Waals surface area (Å²) in [6.45, 7) is 0.870. The molecule has 1 fully saturated rings. The van der Waals surface area contributed by atoms with Gasteiger partial charge in [0.25, 0.3) is 5.91 Å². The second-order valence-electron chi connectivity index (χ2n) is 4.26. The van der Waals surface area contributed by atoms with Gasteiger partial charge in [-0.2, -0.15) is 0 Å². The number of hydrogen-bond acceptors (Lipinski definition) is 3. The lowest BCUT2D eigenvalue weighted by Crippen LogP contribution is -2.36. The van der Waals surface area contributed by atoms with Gasteiger partial charge in [0.2, 0.25) is 5.91 Å². The van der Waals surface area contributed by atoms with E-state index >= 15 is 0 Å². The van der Waals surface area contributed by atoms with Gasteiger partial charge in [0, 0.05) is 7.05 Å². The van der Waals surface area contributed by atoms with Gasteiger partial charge in [-0.15, -0.1) is 0 Å². The highest BCUT2D eigenvalue weighted by atomic mass is 16.2. The first-order valence-corrected chi connectivity index (χ1v) is 6.07. The second-order valence-corrected chi connectivity index (χ2v) is 4.26. The van der Waals surface area contributed by atoms with Gasteiger partial charge >= 0.3 is 0 Å². The maximum absolute atomic E-state index is 12.0. The Morgan fingerprint density at radius 2 is 2.11 bits per heavy atom. The van der Waals surface area contributed by atoms with E-state index < -0.39 is 0 Å². The average molecular weight is 247 g/mol. The molecule has 2 amide bonds. The number of benzene rings is 1. The average Bonchev–Trinajstić information content (AvgIpc) is 2.92. The topological polar surface area (TPSA) is 70.2 Å². The fourth-order valence-electron chi connectivity index (χ4n) is 2.05. The van der Waals surface area contributed by atoms with Crippen LogP contribution >= 0.6 is 0 Å². The molecule has 0 unspecified atom stereocenters. The summed E-state index contributed by atoms with van der Waals surface area (Å²) in [5.41, 5.74) is 1.03. The van der Waals surface area contributed by atoms with Gasteiger partial charge in [0.1, 0.15) is 0 Å². The van der Waals surface area contributed by atoms with Crippen LogP contribution in [-0.4, -0.2) is 31.4 Å². The van der Waals surface area contributed by atoms with E-state index in [-0.39, 0.29) is 17.9 Å². The molecule has 1 aromatic carbocycles. The van der Waals surface area contributed by atoms with Crippen molar-refractivity contribution in [3.05, 3.63) is 29.8 Å². The van der Waals surface area contributed by atoms with E-state index in [0.717, 1.165) is 19.4 Å². The van der Waals surface area contributed by atoms with Crippen molar-refractivity contribution in [1.29, 1.82) is 0 Å². The van der Waals surface area contributed by atoms with E-state index in [9.17, 15) is 9.59 Å². The van der Waals surface area contributed by atoms with Crippen LogP contribution in [0.25, 0.3) is 0 Å². The SMILES string of the molecule is CNC(=O)c1ccccc1NC(=O)[C@H]1CCCN1. The van der Waals surface area contributed by atoms with Crippen molar-refractivity contribution in [2.45, 2.75) is 18.9 Å². The molecule has 5 heteroatoms. The van der Waals surface area contributed by atoms with Crippen molar-refractivity contribution in [1.82, 2.24) is 10.6 Å². The summed E-state index contributed by atoms with van der Waals surface area (Å²) in [6.07, 6.45) is 1.85. The van der Waals surface area contributed by atoms with Crippen LogP contribution in [0, 0.1) is 0 Å². The molecule has 1 aromatic rings. The first-order valence-electron chi connectivity index (χ1n) is 6.07. The van der Waals surface area contributed by atoms with Gasteiger partial charge in [-0.25, -0.2) is 0 Å². The zero-order chi connectivity index (χ0) is 13.0. The number of carbonyl (C=O) groups is 2. The molecule has 0 radical (unpaired) electrons. The number of carbonyl (C=O) groups excluding carboxylic acids is 2. The number of para-hydroxylation sites is 1. The molecular formula is C13H17N3O2. The molecule has 5 nitrogen and oxygen atoms in total. The maximum atomic E-state index is 12.0. The molecule has 1 aliphatic rings. The Labute approximate surface area is 106 Å². The summed E-state index contributed by atoms with van der Waals surface area (Å²) >= 11 is 0. The van der Waals surface area contributed by atoms with Crippen molar-refractivity contribution >= 4 is 17.5 Å². The molecule has 1 saturated heterocycles. The Morgan fingerprint density at radius 1 is 1.33 bits per heavy atom. The Hall–Kier alpha value is -1.88. The minimum atomic E-state index is -0.203. The second kappa shape index (κ2) is 5.64. The third-order valence-corrected chi connectivity index (χ3v) is 3.03. The van der Waals surface area contributed by atoms with Crippen molar-refractivity contribution in [2.75, 3.05) is 18.9 Å². The Balaban J connectivity index is 2.13. The van der Waals surface area contributed by atoms with Gasteiger partial charge < -0.3 is 16.0 Å². The van der Waals surface area contributed by atoms with Crippen molar-refractivity contribution in [3.63, 3.8) is 0 Å². The summed E-state index contributed by atoms with van der Waals surface area (Å²) in [6, 6.07) is 6.84. The monoisotopic (exact) mass is 247 g/mol. The van der Waals surface area contributed by atoms with Crippen molar-refractivity contribution < 1.29 is 9.59 Å². The molecule has 1 aliphatic heterocycles. The molecule has 1 heterocycles. The molecule has 18 heavy (non-hydrogen) atoms. The zero-order valence-electron chi connectivity index (χ0n) is 10.3. The van der Waals surface area contributed by atoms with Gasteiger partial charge in [-0.3, -0.25) is 9.59 Å². The number of hydrogen-bond donors (Lipinski definition) is 3. The number of rotatable bonds is 3. The highest BCUT2D eigenvalue weighted by Crippen LogP contribution is 2.16. The lowest BCUT2D eigenvalue weighted by molar-refractivity contribution is -0.117. The van der Waals surface area contributed by atoms with Gasteiger partial charge in [-0.1, -0.05) is 12.1 Å². The highest BCUT2D eigenvalue weighted by molar-refractivity contribution is 6.04. The normalized spacial score (nSPS) is 18.4. The number of anilines is 1. The first kappa shape index (κ1) is 12.6. The third-order valence-electron chi connectivity index (χ3n) is 3.03. The van der Waals surface area contributed by atoms with Crippen LogP contribution in [0.5, 0.6) is 0 Å². The van der Waals surface area contributed by atoms with Crippen LogP contribution in [0.1, 0.15) is 23.2 Å². The smallest absolute Gasteiger partial charge is 0.253 e. The Morgan fingerprint density at radius 3 is 2.78 bits per heavy atom. The fraction of sp³-hybridized carbons (Fsp3) is 0.385. The van der Waals surface area contributed by atoms with E-state index in [1.54, 1.807) is 31.3 Å². The number of nitrogens with one attached hydrogen (secondary N) is 3. The summed E-state index contributed by atoms with van der Waals surface area (Å²) in [5.74, 6) is -0.283.